The van der Waals surface area contributed by atoms with Gasteiger partial charge in [-0.3, -0.25) is 0 Å². The molecule has 2 heteroatoms. The second-order valence-electron chi connectivity index (χ2n) is 2.17. The minimum Gasteiger partial charge on any atom is -0.0871 e. The third-order valence-corrected chi connectivity index (χ3v) is 3.18. The van der Waals surface area contributed by atoms with Crippen LogP contribution in [0, 0.1) is 0 Å². The molecular formula is C9H8Br2. The van der Waals surface area contributed by atoms with E-state index in [1.165, 1.54) is 5.56 Å². The Kier molecular flexibility index (Phi) is 3.34. The molecule has 58 valence electrons. The van der Waals surface area contributed by atoms with E-state index in [0.717, 1.165) is 8.95 Å². The lowest BCUT2D eigenvalue weighted by Crippen LogP contribution is -1.73. The van der Waals surface area contributed by atoms with E-state index in [0.29, 0.717) is 0 Å². The molecule has 11 heavy (non-hydrogen) atoms. The summed E-state index contributed by atoms with van der Waals surface area (Å²) in [6.45, 7) is 2.01. The molecule has 1 aromatic rings. The van der Waals surface area contributed by atoms with E-state index >= 15 is 0 Å². The smallest absolute Gasteiger partial charge is 0.0323 e. The second kappa shape index (κ2) is 4.07. The molecular weight excluding hydrogens is 268 g/mol. The van der Waals surface area contributed by atoms with Crippen molar-refractivity contribution in [1.82, 2.24) is 0 Å². The monoisotopic (exact) mass is 274 g/mol. The molecule has 0 atom stereocenters. The maximum Gasteiger partial charge on any atom is 0.0323 e. The molecule has 0 fully saturated rings. The van der Waals surface area contributed by atoms with E-state index in [-0.39, 0.29) is 0 Å². The quantitative estimate of drug-likeness (QED) is 0.719. The number of hydrogen-bond acceptors (Lipinski definition) is 0. The fourth-order valence-electron chi connectivity index (χ4n) is 0.809. The first-order valence-corrected chi connectivity index (χ1v) is 4.90. The molecule has 0 amide bonds. The van der Waals surface area contributed by atoms with Gasteiger partial charge in [-0.2, -0.15) is 0 Å². The summed E-state index contributed by atoms with van der Waals surface area (Å²) >= 11 is 6.84. The van der Waals surface area contributed by atoms with E-state index in [2.05, 4.69) is 50.1 Å². The van der Waals surface area contributed by atoms with Gasteiger partial charge >= 0.3 is 0 Å². The van der Waals surface area contributed by atoms with Crippen LogP contribution in [0.25, 0.3) is 6.08 Å². The fourth-order valence-corrected chi connectivity index (χ4v) is 1.45. The molecule has 0 aliphatic rings. The molecule has 0 aromatic heterocycles. The summed E-state index contributed by atoms with van der Waals surface area (Å²) in [6.07, 6.45) is 4.09. The van der Waals surface area contributed by atoms with Crippen LogP contribution < -0.4 is 0 Å². The van der Waals surface area contributed by atoms with Crippen molar-refractivity contribution < 1.29 is 0 Å². The normalized spacial score (nSPS) is 10.8. The van der Waals surface area contributed by atoms with Crippen LogP contribution in [0.5, 0.6) is 0 Å². The van der Waals surface area contributed by atoms with Gasteiger partial charge < -0.3 is 0 Å². The zero-order valence-electron chi connectivity index (χ0n) is 6.14. The zero-order valence-corrected chi connectivity index (χ0v) is 9.31. The molecule has 0 saturated carbocycles. The predicted molar refractivity (Wildman–Crippen MR) is 56.6 cm³/mol. The summed E-state index contributed by atoms with van der Waals surface area (Å²) in [6, 6.07) is 6.17. The molecule has 0 aliphatic carbocycles. The number of halogens is 2. The zero-order chi connectivity index (χ0) is 8.27. The van der Waals surface area contributed by atoms with E-state index in [4.69, 9.17) is 0 Å². The highest BCUT2D eigenvalue weighted by atomic mass is 79.9. The SMILES string of the molecule is CC=Cc1ccc(Br)c(Br)c1. The number of rotatable bonds is 1. The first-order chi connectivity index (χ1) is 5.24. The summed E-state index contributed by atoms with van der Waals surface area (Å²) in [5.41, 5.74) is 1.21. The average Bonchev–Trinajstić information content (AvgIpc) is 1.98. The maximum absolute atomic E-state index is 3.44. The van der Waals surface area contributed by atoms with Crippen molar-refractivity contribution in [3.63, 3.8) is 0 Å². The summed E-state index contributed by atoms with van der Waals surface area (Å²) < 4.78 is 2.18. The Hall–Kier alpha value is -0.0800. The lowest BCUT2D eigenvalue weighted by molar-refractivity contribution is 1.55. The average molecular weight is 276 g/mol. The largest absolute Gasteiger partial charge is 0.0871 e. The first-order valence-electron chi connectivity index (χ1n) is 3.32. The lowest BCUT2D eigenvalue weighted by atomic mass is 10.2. The topological polar surface area (TPSA) is 0 Å². The van der Waals surface area contributed by atoms with Crippen molar-refractivity contribution in [3.05, 3.63) is 38.8 Å². The van der Waals surface area contributed by atoms with Crippen molar-refractivity contribution in [2.75, 3.05) is 0 Å². The third-order valence-electron chi connectivity index (χ3n) is 1.30. The van der Waals surface area contributed by atoms with Crippen molar-refractivity contribution in [1.29, 1.82) is 0 Å². The maximum atomic E-state index is 3.44. The van der Waals surface area contributed by atoms with E-state index < -0.39 is 0 Å². The van der Waals surface area contributed by atoms with Gasteiger partial charge in [-0.1, -0.05) is 18.2 Å². The highest BCUT2D eigenvalue weighted by Crippen LogP contribution is 2.24. The minimum absolute atomic E-state index is 1.09. The van der Waals surface area contributed by atoms with Gasteiger partial charge in [-0.15, -0.1) is 0 Å². The third kappa shape index (κ3) is 2.46. The highest BCUT2D eigenvalue weighted by molar-refractivity contribution is 9.13. The summed E-state index contributed by atoms with van der Waals surface area (Å²) in [5.74, 6) is 0. The predicted octanol–water partition coefficient (Wildman–Crippen LogP) is 4.24. The van der Waals surface area contributed by atoms with Crippen LogP contribution in [-0.2, 0) is 0 Å². The van der Waals surface area contributed by atoms with Crippen LogP contribution in [0.2, 0.25) is 0 Å². The summed E-state index contributed by atoms with van der Waals surface area (Å²) in [4.78, 5) is 0. The first kappa shape index (κ1) is 9.01. The molecule has 0 saturated heterocycles. The molecule has 1 rings (SSSR count). The molecule has 0 unspecified atom stereocenters. The summed E-state index contributed by atoms with van der Waals surface area (Å²) in [5, 5.41) is 0. The Bertz CT molecular complexity index is 277. The van der Waals surface area contributed by atoms with Crippen LogP contribution in [0.1, 0.15) is 12.5 Å². The van der Waals surface area contributed by atoms with Crippen LogP contribution in [0.4, 0.5) is 0 Å². The molecule has 0 spiro atoms. The van der Waals surface area contributed by atoms with Gasteiger partial charge in [-0.25, -0.2) is 0 Å². The van der Waals surface area contributed by atoms with Crippen LogP contribution in [0.3, 0.4) is 0 Å². The van der Waals surface area contributed by atoms with Crippen LogP contribution in [-0.4, -0.2) is 0 Å². The van der Waals surface area contributed by atoms with Gasteiger partial charge in [-0.05, 0) is 56.5 Å². The molecule has 1 aromatic carbocycles. The van der Waals surface area contributed by atoms with Crippen molar-refractivity contribution in [2.45, 2.75) is 6.92 Å². The highest BCUT2D eigenvalue weighted by Gasteiger charge is 1.94. The second-order valence-corrected chi connectivity index (χ2v) is 3.88. The Morgan fingerprint density at radius 2 is 1.91 bits per heavy atom. The molecule has 0 radical (unpaired) electrons. The van der Waals surface area contributed by atoms with Gasteiger partial charge in [0.25, 0.3) is 0 Å². The van der Waals surface area contributed by atoms with Crippen LogP contribution in [0.15, 0.2) is 33.2 Å². The molecule has 0 heterocycles. The van der Waals surface area contributed by atoms with Gasteiger partial charge in [0, 0.05) is 8.95 Å². The van der Waals surface area contributed by atoms with Crippen LogP contribution >= 0.6 is 31.9 Å². The lowest BCUT2D eigenvalue weighted by Gasteiger charge is -1.96. The fraction of sp³-hybridized carbons (Fsp3) is 0.111. The van der Waals surface area contributed by atoms with Gasteiger partial charge in [0.2, 0.25) is 0 Å². The van der Waals surface area contributed by atoms with E-state index in [9.17, 15) is 0 Å². The van der Waals surface area contributed by atoms with Crippen molar-refractivity contribution in [2.24, 2.45) is 0 Å². The summed E-state index contributed by atoms with van der Waals surface area (Å²) in [7, 11) is 0. The molecule has 0 bridgehead atoms. The molecule has 0 aliphatic heterocycles. The number of allylic oxidation sites excluding steroid dienone is 1. The standard InChI is InChI=1S/C9H8Br2/c1-2-3-7-4-5-8(10)9(11)6-7/h2-6H,1H3. The van der Waals surface area contributed by atoms with E-state index in [1.807, 2.05) is 19.1 Å². The Balaban J connectivity index is 3.05. The minimum atomic E-state index is 1.09. The van der Waals surface area contributed by atoms with Gasteiger partial charge in [0.1, 0.15) is 0 Å². The van der Waals surface area contributed by atoms with Crippen molar-refractivity contribution >= 4 is 37.9 Å². The van der Waals surface area contributed by atoms with Gasteiger partial charge in [0.05, 0.1) is 0 Å². The number of hydrogen-bond donors (Lipinski definition) is 0. The Morgan fingerprint density at radius 3 is 2.45 bits per heavy atom. The van der Waals surface area contributed by atoms with Gasteiger partial charge in [0.15, 0.2) is 0 Å². The molecule has 0 N–H and O–H groups in total. The van der Waals surface area contributed by atoms with Crippen molar-refractivity contribution in [3.8, 4) is 0 Å². The number of benzene rings is 1. The van der Waals surface area contributed by atoms with E-state index in [1.54, 1.807) is 0 Å². The molecule has 0 nitrogen and oxygen atoms in total. The Labute approximate surface area is 83.6 Å². The Morgan fingerprint density at radius 1 is 1.18 bits per heavy atom.